The molecule has 1 fully saturated rings. The predicted octanol–water partition coefficient (Wildman–Crippen LogP) is 2.44. The van der Waals surface area contributed by atoms with E-state index in [4.69, 9.17) is 4.52 Å². The van der Waals surface area contributed by atoms with Crippen molar-refractivity contribution in [2.24, 2.45) is 7.05 Å². The number of amides is 1. The standard InChI is InChI=1S/C17H25N5O2/c1-3-6-15-19-17(24-20-15)14-7-4-5-10-22(14)16(23)9-8-13-11-18-21(2)12-13/h11-12,14H,3-10H2,1-2H3. The van der Waals surface area contributed by atoms with Gasteiger partial charge in [0.05, 0.1) is 6.20 Å². The van der Waals surface area contributed by atoms with Crippen LogP contribution in [-0.4, -0.2) is 37.3 Å². The van der Waals surface area contributed by atoms with Crippen molar-refractivity contribution in [2.75, 3.05) is 6.54 Å². The zero-order valence-corrected chi connectivity index (χ0v) is 14.4. The first-order valence-corrected chi connectivity index (χ1v) is 8.77. The van der Waals surface area contributed by atoms with Gasteiger partial charge in [0.2, 0.25) is 11.8 Å². The van der Waals surface area contributed by atoms with Gasteiger partial charge in [0, 0.05) is 32.6 Å². The molecule has 0 radical (unpaired) electrons. The van der Waals surface area contributed by atoms with E-state index in [0.717, 1.165) is 50.0 Å². The maximum atomic E-state index is 12.7. The van der Waals surface area contributed by atoms with Crippen molar-refractivity contribution in [3.63, 3.8) is 0 Å². The van der Waals surface area contributed by atoms with E-state index in [-0.39, 0.29) is 11.9 Å². The van der Waals surface area contributed by atoms with Crippen molar-refractivity contribution in [1.29, 1.82) is 0 Å². The second kappa shape index (κ2) is 7.59. The van der Waals surface area contributed by atoms with Crippen molar-refractivity contribution < 1.29 is 9.32 Å². The van der Waals surface area contributed by atoms with Gasteiger partial charge in [-0.2, -0.15) is 10.1 Å². The average Bonchev–Trinajstić information content (AvgIpc) is 3.22. The summed E-state index contributed by atoms with van der Waals surface area (Å²) in [5.74, 6) is 1.48. The molecule has 1 saturated heterocycles. The number of likely N-dealkylation sites (tertiary alicyclic amines) is 1. The van der Waals surface area contributed by atoms with Gasteiger partial charge in [-0.3, -0.25) is 9.48 Å². The summed E-state index contributed by atoms with van der Waals surface area (Å²) < 4.78 is 7.20. The number of hydrogen-bond donors (Lipinski definition) is 0. The van der Waals surface area contributed by atoms with Crippen LogP contribution < -0.4 is 0 Å². The van der Waals surface area contributed by atoms with E-state index in [1.807, 2.05) is 24.3 Å². The molecule has 130 valence electrons. The Morgan fingerprint density at radius 3 is 3.00 bits per heavy atom. The fourth-order valence-corrected chi connectivity index (χ4v) is 3.21. The van der Waals surface area contributed by atoms with Crippen LogP contribution >= 0.6 is 0 Å². The van der Waals surface area contributed by atoms with Crippen LogP contribution in [0.4, 0.5) is 0 Å². The van der Waals surface area contributed by atoms with Gasteiger partial charge >= 0.3 is 0 Å². The number of aromatic nitrogens is 4. The van der Waals surface area contributed by atoms with Crippen molar-refractivity contribution in [3.8, 4) is 0 Å². The van der Waals surface area contributed by atoms with Gasteiger partial charge < -0.3 is 9.42 Å². The second-order valence-electron chi connectivity index (χ2n) is 6.42. The molecule has 7 heteroatoms. The van der Waals surface area contributed by atoms with Gasteiger partial charge in [-0.25, -0.2) is 0 Å². The molecule has 1 aliphatic heterocycles. The molecule has 0 N–H and O–H groups in total. The van der Waals surface area contributed by atoms with Crippen LogP contribution in [0.2, 0.25) is 0 Å². The van der Waals surface area contributed by atoms with Crippen molar-refractivity contribution in [2.45, 2.75) is 57.9 Å². The predicted molar refractivity (Wildman–Crippen MR) is 88.1 cm³/mol. The summed E-state index contributed by atoms with van der Waals surface area (Å²) in [5, 5.41) is 8.18. The molecular weight excluding hydrogens is 306 g/mol. The third-order valence-electron chi connectivity index (χ3n) is 4.45. The molecule has 3 rings (SSSR count). The number of carbonyl (C=O) groups excluding carboxylic acids is 1. The number of piperidine rings is 1. The summed E-state index contributed by atoms with van der Waals surface area (Å²) >= 11 is 0. The SMILES string of the molecule is CCCc1noc(C2CCCCN2C(=O)CCc2cnn(C)c2)n1. The third kappa shape index (κ3) is 3.83. The molecule has 1 aliphatic rings. The maximum Gasteiger partial charge on any atom is 0.249 e. The number of nitrogens with zero attached hydrogens (tertiary/aromatic N) is 5. The Morgan fingerprint density at radius 2 is 2.25 bits per heavy atom. The smallest absolute Gasteiger partial charge is 0.249 e. The highest BCUT2D eigenvalue weighted by Crippen LogP contribution is 2.30. The van der Waals surface area contributed by atoms with E-state index in [1.165, 1.54) is 0 Å². The molecule has 3 heterocycles. The highest BCUT2D eigenvalue weighted by Gasteiger charge is 2.31. The van der Waals surface area contributed by atoms with Crippen LogP contribution in [0.1, 0.15) is 62.3 Å². The Balaban J connectivity index is 1.65. The highest BCUT2D eigenvalue weighted by molar-refractivity contribution is 5.77. The Kier molecular flexibility index (Phi) is 5.27. The van der Waals surface area contributed by atoms with Crippen LogP contribution in [-0.2, 0) is 24.7 Å². The molecule has 2 aromatic rings. The van der Waals surface area contributed by atoms with E-state index in [9.17, 15) is 4.79 Å². The minimum absolute atomic E-state index is 0.0711. The molecular formula is C17H25N5O2. The molecule has 24 heavy (non-hydrogen) atoms. The lowest BCUT2D eigenvalue weighted by atomic mass is 10.0. The maximum absolute atomic E-state index is 12.7. The Morgan fingerprint density at radius 1 is 1.38 bits per heavy atom. The average molecular weight is 331 g/mol. The zero-order valence-electron chi connectivity index (χ0n) is 14.4. The molecule has 0 aromatic carbocycles. The van der Waals surface area contributed by atoms with Crippen LogP contribution in [0.3, 0.4) is 0 Å². The lowest BCUT2D eigenvalue weighted by molar-refractivity contribution is -0.135. The molecule has 7 nitrogen and oxygen atoms in total. The van der Waals surface area contributed by atoms with E-state index in [1.54, 1.807) is 4.68 Å². The van der Waals surface area contributed by atoms with Crippen molar-refractivity contribution >= 4 is 5.91 Å². The second-order valence-corrected chi connectivity index (χ2v) is 6.42. The molecule has 0 bridgehead atoms. The Labute approximate surface area is 142 Å². The molecule has 0 saturated carbocycles. The van der Waals surface area contributed by atoms with Gasteiger partial charge in [-0.05, 0) is 37.7 Å². The normalized spacial score (nSPS) is 18.1. The number of hydrogen-bond acceptors (Lipinski definition) is 5. The summed E-state index contributed by atoms with van der Waals surface area (Å²) in [4.78, 5) is 19.1. The van der Waals surface area contributed by atoms with Crippen LogP contribution in [0.25, 0.3) is 0 Å². The van der Waals surface area contributed by atoms with Crippen LogP contribution in [0.5, 0.6) is 0 Å². The first-order chi connectivity index (χ1) is 11.7. The fourth-order valence-electron chi connectivity index (χ4n) is 3.21. The summed E-state index contributed by atoms with van der Waals surface area (Å²) in [7, 11) is 1.88. The van der Waals surface area contributed by atoms with Gasteiger partial charge in [0.25, 0.3) is 0 Å². The lowest BCUT2D eigenvalue weighted by Gasteiger charge is -2.33. The summed E-state index contributed by atoms with van der Waals surface area (Å²) in [6.45, 7) is 2.85. The molecule has 1 amide bonds. The molecule has 0 aliphatic carbocycles. The van der Waals surface area contributed by atoms with E-state index >= 15 is 0 Å². The quantitative estimate of drug-likeness (QED) is 0.812. The van der Waals surface area contributed by atoms with E-state index < -0.39 is 0 Å². The number of rotatable bonds is 6. The molecule has 2 aromatic heterocycles. The molecule has 1 unspecified atom stereocenters. The topological polar surface area (TPSA) is 77.0 Å². The van der Waals surface area contributed by atoms with Crippen molar-refractivity contribution in [1.82, 2.24) is 24.8 Å². The largest absolute Gasteiger partial charge is 0.337 e. The Bertz CT molecular complexity index is 678. The summed E-state index contributed by atoms with van der Waals surface area (Å²) in [5.41, 5.74) is 1.09. The fraction of sp³-hybridized carbons (Fsp3) is 0.647. The highest BCUT2D eigenvalue weighted by atomic mass is 16.5. The van der Waals surface area contributed by atoms with E-state index in [2.05, 4.69) is 22.2 Å². The van der Waals surface area contributed by atoms with Gasteiger partial charge in [-0.15, -0.1) is 0 Å². The van der Waals surface area contributed by atoms with Crippen molar-refractivity contribution in [3.05, 3.63) is 29.7 Å². The Hall–Kier alpha value is -2.18. The van der Waals surface area contributed by atoms with Gasteiger partial charge in [0.15, 0.2) is 5.82 Å². The number of aryl methyl sites for hydroxylation is 3. The van der Waals surface area contributed by atoms with E-state index in [0.29, 0.717) is 18.7 Å². The lowest BCUT2D eigenvalue weighted by Crippen LogP contribution is -2.38. The van der Waals surface area contributed by atoms with Crippen LogP contribution in [0.15, 0.2) is 16.9 Å². The van der Waals surface area contributed by atoms with Gasteiger partial charge in [-0.1, -0.05) is 12.1 Å². The number of carbonyl (C=O) groups is 1. The third-order valence-corrected chi connectivity index (χ3v) is 4.45. The first-order valence-electron chi connectivity index (χ1n) is 8.77. The monoisotopic (exact) mass is 331 g/mol. The van der Waals surface area contributed by atoms with Crippen LogP contribution in [0, 0.1) is 0 Å². The molecule has 0 spiro atoms. The first kappa shape index (κ1) is 16.7. The summed E-state index contributed by atoms with van der Waals surface area (Å²) in [6.07, 6.45) is 9.77. The summed E-state index contributed by atoms with van der Waals surface area (Å²) in [6, 6.07) is -0.0711. The minimum atomic E-state index is -0.0711. The minimum Gasteiger partial charge on any atom is -0.337 e. The van der Waals surface area contributed by atoms with Gasteiger partial charge in [0.1, 0.15) is 6.04 Å². The molecule has 1 atom stereocenters. The zero-order chi connectivity index (χ0) is 16.9.